The van der Waals surface area contributed by atoms with Gasteiger partial charge in [0.15, 0.2) is 0 Å². The van der Waals surface area contributed by atoms with Gasteiger partial charge in [0, 0.05) is 37.2 Å². The molecule has 3 fully saturated rings. The highest BCUT2D eigenvalue weighted by Crippen LogP contribution is 2.21. The molecule has 136 valence electrons. The van der Waals surface area contributed by atoms with Gasteiger partial charge >= 0.3 is 0 Å². The molecule has 5 nitrogen and oxygen atoms in total. The maximum atomic E-state index is 12.7. The summed E-state index contributed by atoms with van der Waals surface area (Å²) in [5.74, 6) is 2.67. The molecule has 2 amide bonds. The van der Waals surface area contributed by atoms with Crippen molar-refractivity contribution >= 4 is 23.6 Å². The van der Waals surface area contributed by atoms with Crippen molar-refractivity contribution in [3.8, 4) is 0 Å². The van der Waals surface area contributed by atoms with Gasteiger partial charge in [-0.3, -0.25) is 14.5 Å². The molecule has 0 aromatic carbocycles. The highest BCUT2D eigenvalue weighted by atomic mass is 32.2. The number of likely N-dealkylation sites (tertiary alicyclic amines) is 1. The molecule has 0 bridgehead atoms. The van der Waals surface area contributed by atoms with Gasteiger partial charge in [-0.15, -0.1) is 0 Å². The van der Waals surface area contributed by atoms with Crippen LogP contribution in [0.1, 0.15) is 44.9 Å². The zero-order valence-corrected chi connectivity index (χ0v) is 15.5. The van der Waals surface area contributed by atoms with Crippen LogP contribution in [0, 0.1) is 5.92 Å². The zero-order valence-electron chi connectivity index (χ0n) is 14.7. The first-order valence-electron chi connectivity index (χ1n) is 9.60. The van der Waals surface area contributed by atoms with Crippen molar-refractivity contribution in [3.63, 3.8) is 0 Å². The Morgan fingerprint density at radius 2 is 1.71 bits per heavy atom. The molecule has 0 radical (unpaired) electrons. The van der Waals surface area contributed by atoms with Crippen LogP contribution in [0.3, 0.4) is 0 Å². The Kier molecular flexibility index (Phi) is 6.84. The van der Waals surface area contributed by atoms with Crippen LogP contribution in [0.15, 0.2) is 0 Å². The molecule has 0 aromatic heterocycles. The fourth-order valence-electron chi connectivity index (χ4n) is 4.17. The van der Waals surface area contributed by atoms with Crippen LogP contribution in [0.25, 0.3) is 0 Å². The normalized spacial score (nSPS) is 27.0. The van der Waals surface area contributed by atoms with E-state index in [1.807, 2.05) is 16.7 Å². The van der Waals surface area contributed by atoms with Crippen LogP contribution in [-0.4, -0.2) is 71.9 Å². The van der Waals surface area contributed by atoms with Crippen molar-refractivity contribution in [2.45, 2.75) is 51.0 Å². The van der Waals surface area contributed by atoms with E-state index in [-0.39, 0.29) is 11.8 Å². The Balaban J connectivity index is 1.44. The second-order valence-corrected chi connectivity index (χ2v) is 8.64. The monoisotopic (exact) mass is 353 g/mol. The lowest BCUT2D eigenvalue weighted by atomic mass is 9.95. The fraction of sp³-hybridized carbons (Fsp3) is 0.889. The van der Waals surface area contributed by atoms with Gasteiger partial charge in [0.05, 0.1) is 12.5 Å². The van der Waals surface area contributed by atoms with Crippen LogP contribution in [-0.2, 0) is 9.59 Å². The number of rotatable bonds is 4. The predicted octanol–water partition coefficient (Wildman–Crippen LogP) is 1.72. The van der Waals surface area contributed by atoms with Crippen LogP contribution in [0.4, 0.5) is 0 Å². The van der Waals surface area contributed by atoms with Crippen LogP contribution < -0.4 is 5.32 Å². The quantitative estimate of drug-likeness (QED) is 0.836. The molecule has 1 atom stereocenters. The summed E-state index contributed by atoms with van der Waals surface area (Å²) in [6.07, 6.45) is 8.02. The minimum Gasteiger partial charge on any atom is -0.352 e. The van der Waals surface area contributed by atoms with E-state index in [1.54, 1.807) is 0 Å². The Hall–Kier alpha value is -0.750. The van der Waals surface area contributed by atoms with E-state index >= 15 is 0 Å². The second kappa shape index (κ2) is 9.09. The maximum absolute atomic E-state index is 12.7. The maximum Gasteiger partial charge on any atom is 0.234 e. The van der Waals surface area contributed by atoms with Crippen molar-refractivity contribution in [2.24, 2.45) is 5.92 Å². The van der Waals surface area contributed by atoms with E-state index in [0.29, 0.717) is 18.5 Å². The Bertz CT molecular complexity index is 434. The van der Waals surface area contributed by atoms with E-state index in [1.165, 1.54) is 19.3 Å². The molecule has 2 aliphatic heterocycles. The van der Waals surface area contributed by atoms with E-state index in [2.05, 4.69) is 10.2 Å². The van der Waals surface area contributed by atoms with Crippen LogP contribution in [0.2, 0.25) is 0 Å². The van der Waals surface area contributed by atoms with Crippen LogP contribution >= 0.6 is 11.8 Å². The topological polar surface area (TPSA) is 52.7 Å². The summed E-state index contributed by atoms with van der Waals surface area (Å²) in [6.45, 7) is 3.93. The molecular weight excluding hydrogens is 322 g/mol. The molecule has 3 aliphatic rings. The number of nitrogens with one attached hydrogen (secondary N) is 1. The molecule has 3 rings (SSSR count). The van der Waals surface area contributed by atoms with Gasteiger partial charge in [-0.05, 0) is 32.2 Å². The van der Waals surface area contributed by atoms with Gasteiger partial charge in [-0.25, -0.2) is 0 Å². The molecular formula is C18H31N3O2S. The Morgan fingerprint density at radius 3 is 2.46 bits per heavy atom. The van der Waals surface area contributed by atoms with E-state index in [4.69, 9.17) is 0 Å². The predicted molar refractivity (Wildman–Crippen MR) is 98.1 cm³/mol. The van der Waals surface area contributed by atoms with Crippen molar-refractivity contribution in [1.29, 1.82) is 0 Å². The zero-order chi connectivity index (χ0) is 16.8. The molecule has 1 unspecified atom stereocenters. The SMILES string of the molecule is O=C(CN1CCCC(C(=O)N2CCSCC2)C1)NC1CCCCC1. The van der Waals surface area contributed by atoms with E-state index < -0.39 is 0 Å². The Morgan fingerprint density at radius 1 is 0.958 bits per heavy atom. The fourth-order valence-corrected chi connectivity index (χ4v) is 5.07. The third-order valence-corrected chi connectivity index (χ3v) is 6.46. The van der Waals surface area contributed by atoms with Gasteiger partial charge in [0.25, 0.3) is 0 Å². The molecule has 6 heteroatoms. The summed E-state index contributed by atoms with van der Waals surface area (Å²) in [6, 6.07) is 0.374. The molecule has 2 heterocycles. The highest BCUT2D eigenvalue weighted by molar-refractivity contribution is 7.99. The van der Waals surface area contributed by atoms with Gasteiger partial charge in [0.1, 0.15) is 0 Å². The van der Waals surface area contributed by atoms with Crippen molar-refractivity contribution in [1.82, 2.24) is 15.1 Å². The number of hydrogen-bond acceptors (Lipinski definition) is 4. The average molecular weight is 354 g/mol. The number of amides is 2. The van der Waals surface area contributed by atoms with Gasteiger partial charge in [0.2, 0.25) is 11.8 Å². The molecule has 1 aliphatic carbocycles. The first kappa shape index (κ1) is 18.1. The lowest BCUT2D eigenvalue weighted by molar-refractivity contribution is -0.138. The third kappa shape index (κ3) is 5.12. The first-order chi connectivity index (χ1) is 11.7. The summed E-state index contributed by atoms with van der Waals surface area (Å²) < 4.78 is 0. The number of piperidine rings is 1. The molecule has 24 heavy (non-hydrogen) atoms. The minimum atomic E-state index is 0.0873. The number of carbonyl (C=O) groups is 2. The van der Waals surface area contributed by atoms with Crippen molar-refractivity contribution < 1.29 is 9.59 Å². The van der Waals surface area contributed by atoms with Crippen molar-refractivity contribution in [3.05, 3.63) is 0 Å². The van der Waals surface area contributed by atoms with E-state index in [9.17, 15) is 9.59 Å². The average Bonchev–Trinajstić information content (AvgIpc) is 2.63. The molecule has 0 aromatic rings. The molecule has 1 saturated carbocycles. The van der Waals surface area contributed by atoms with Gasteiger partial charge in [-0.1, -0.05) is 19.3 Å². The van der Waals surface area contributed by atoms with Crippen molar-refractivity contribution in [2.75, 3.05) is 44.2 Å². The summed E-state index contributed by atoms with van der Waals surface area (Å²) in [4.78, 5) is 29.2. The van der Waals surface area contributed by atoms with E-state index in [0.717, 1.165) is 63.4 Å². The number of thioether (sulfide) groups is 1. The molecule has 1 N–H and O–H groups in total. The number of hydrogen-bond donors (Lipinski definition) is 1. The number of nitrogens with zero attached hydrogens (tertiary/aromatic N) is 2. The van der Waals surface area contributed by atoms with Crippen LogP contribution in [0.5, 0.6) is 0 Å². The molecule has 0 spiro atoms. The lowest BCUT2D eigenvalue weighted by Gasteiger charge is -2.36. The second-order valence-electron chi connectivity index (χ2n) is 7.41. The summed E-state index contributed by atoms with van der Waals surface area (Å²) in [5, 5.41) is 3.19. The summed E-state index contributed by atoms with van der Waals surface area (Å²) in [7, 11) is 0. The number of carbonyl (C=O) groups excluding carboxylic acids is 2. The van der Waals surface area contributed by atoms with Gasteiger partial charge < -0.3 is 10.2 Å². The molecule has 2 saturated heterocycles. The lowest BCUT2D eigenvalue weighted by Crippen LogP contribution is -2.50. The highest BCUT2D eigenvalue weighted by Gasteiger charge is 2.30. The largest absolute Gasteiger partial charge is 0.352 e. The summed E-state index contributed by atoms with van der Waals surface area (Å²) >= 11 is 1.93. The Labute approximate surface area is 149 Å². The summed E-state index contributed by atoms with van der Waals surface area (Å²) in [5.41, 5.74) is 0. The smallest absolute Gasteiger partial charge is 0.234 e. The minimum absolute atomic E-state index is 0.0873. The van der Waals surface area contributed by atoms with Gasteiger partial charge in [-0.2, -0.15) is 11.8 Å². The third-order valence-electron chi connectivity index (χ3n) is 5.52. The standard InChI is InChI=1S/C18H31N3O2S/c22-17(19-16-6-2-1-3-7-16)14-20-8-4-5-15(13-20)18(23)21-9-11-24-12-10-21/h15-16H,1-14H2,(H,19,22). The first-order valence-corrected chi connectivity index (χ1v) is 10.8.